The Morgan fingerprint density at radius 1 is 1.16 bits per heavy atom. The van der Waals surface area contributed by atoms with Gasteiger partial charge in [-0.1, -0.05) is 24.3 Å². The van der Waals surface area contributed by atoms with Crippen molar-refractivity contribution in [2.45, 2.75) is 32.5 Å². The van der Waals surface area contributed by atoms with Crippen LogP contribution in [0.25, 0.3) is 5.69 Å². The number of aromatic nitrogens is 4. The molecular weight excluding hydrogens is 330 g/mol. The molecule has 0 spiro atoms. The molecule has 6 heteroatoms. The number of aryl methyl sites for hydroxylation is 1. The molecule has 0 aliphatic carbocycles. The molecule has 1 aliphatic rings. The Balaban J connectivity index is 1.62. The second-order valence-electron chi connectivity index (χ2n) is 6.40. The summed E-state index contributed by atoms with van der Waals surface area (Å²) in [4.78, 5) is 6.71. The van der Waals surface area contributed by atoms with E-state index in [-0.39, 0.29) is 0 Å². The summed E-state index contributed by atoms with van der Waals surface area (Å²) in [6.45, 7) is 3.76. The van der Waals surface area contributed by atoms with Crippen LogP contribution in [0.5, 0.6) is 0 Å². The van der Waals surface area contributed by atoms with Crippen molar-refractivity contribution in [1.29, 1.82) is 0 Å². The zero-order valence-corrected chi connectivity index (χ0v) is 15.1. The molecule has 0 radical (unpaired) electrons. The van der Waals surface area contributed by atoms with E-state index in [9.17, 15) is 0 Å². The number of hydrogen-bond acceptors (Lipinski definition) is 4. The monoisotopic (exact) mass is 351 g/mol. The van der Waals surface area contributed by atoms with Gasteiger partial charge in [-0.25, -0.2) is 4.68 Å². The molecule has 0 N–H and O–H groups in total. The SMILES string of the molecule is Cc1nn(CN2CCCC2c2cccnc2)c(=S)n1-c1ccccc1. The topological polar surface area (TPSA) is 38.9 Å². The normalized spacial score (nSPS) is 17.9. The predicted octanol–water partition coefficient (Wildman–Crippen LogP) is 3.90. The maximum absolute atomic E-state index is 5.71. The first-order chi connectivity index (χ1) is 12.2. The molecule has 3 aromatic rings. The summed E-state index contributed by atoms with van der Waals surface area (Å²) < 4.78 is 4.71. The van der Waals surface area contributed by atoms with Crippen molar-refractivity contribution in [3.05, 3.63) is 71.0 Å². The highest BCUT2D eigenvalue weighted by Crippen LogP contribution is 2.31. The highest BCUT2D eigenvalue weighted by molar-refractivity contribution is 7.71. The summed E-state index contributed by atoms with van der Waals surface area (Å²) in [6, 6.07) is 14.7. The zero-order valence-electron chi connectivity index (χ0n) is 14.2. The maximum Gasteiger partial charge on any atom is 0.203 e. The van der Waals surface area contributed by atoms with Crippen LogP contribution in [-0.4, -0.2) is 30.8 Å². The third-order valence-electron chi connectivity index (χ3n) is 4.76. The van der Waals surface area contributed by atoms with Crippen LogP contribution in [0.2, 0.25) is 0 Å². The molecule has 25 heavy (non-hydrogen) atoms. The molecule has 4 rings (SSSR count). The average Bonchev–Trinajstić information content (AvgIpc) is 3.21. The summed E-state index contributed by atoms with van der Waals surface area (Å²) in [7, 11) is 0. The third-order valence-corrected chi connectivity index (χ3v) is 5.16. The van der Waals surface area contributed by atoms with Crippen molar-refractivity contribution in [2.75, 3.05) is 6.54 Å². The van der Waals surface area contributed by atoms with Gasteiger partial charge in [0.15, 0.2) is 0 Å². The lowest BCUT2D eigenvalue weighted by molar-refractivity contribution is 0.189. The van der Waals surface area contributed by atoms with Crippen LogP contribution in [0.15, 0.2) is 54.9 Å². The van der Waals surface area contributed by atoms with Crippen LogP contribution in [0.1, 0.15) is 30.3 Å². The van der Waals surface area contributed by atoms with Crippen molar-refractivity contribution >= 4 is 12.2 Å². The molecule has 2 aromatic heterocycles. The molecule has 1 saturated heterocycles. The molecule has 0 bridgehead atoms. The van der Waals surface area contributed by atoms with Crippen LogP contribution in [-0.2, 0) is 6.67 Å². The average molecular weight is 351 g/mol. The first-order valence-corrected chi connectivity index (χ1v) is 9.01. The fourth-order valence-corrected chi connectivity index (χ4v) is 3.94. The summed E-state index contributed by atoms with van der Waals surface area (Å²) in [6.07, 6.45) is 6.13. The Kier molecular flexibility index (Phi) is 4.46. The summed E-state index contributed by atoms with van der Waals surface area (Å²) in [5.74, 6) is 0.910. The maximum atomic E-state index is 5.71. The van der Waals surface area contributed by atoms with Gasteiger partial charge in [0.25, 0.3) is 0 Å². The van der Waals surface area contributed by atoms with Gasteiger partial charge < -0.3 is 0 Å². The largest absolute Gasteiger partial charge is 0.277 e. The minimum Gasteiger partial charge on any atom is -0.277 e. The van der Waals surface area contributed by atoms with E-state index in [1.165, 1.54) is 12.0 Å². The van der Waals surface area contributed by atoms with Gasteiger partial charge in [0.1, 0.15) is 5.82 Å². The Morgan fingerprint density at radius 3 is 2.76 bits per heavy atom. The number of hydrogen-bond donors (Lipinski definition) is 0. The van der Waals surface area contributed by atoms with E-state index in [1.807, 2.05) is 52.8 Å². The molecule has 0 amide bonds. The highest BCUT2D eigenvalue weighted by atomic mass is 32.1. The van der Waals surface area contributed by atoms with Gasteiger partial charge in [0.2, 0.25) is 4.77 Å². The van der Waals surface area contributed by atoms with E-state index in [2.05, 4.69) is 28.1 Å². The Morgan fingerprint density at radius 2 is 2.00 bits per heavy atom. The van der Waals surface area contributed by atoms with Crippen molar-refractivity contribution in [3.8, 4) is 5.69 Å². The quantitative estimate of drug-likeness (QED) is 0.668. The Hall–Kier alpha value is -2.31. The van der Waals surface area contributed by atoms with Gasteiger partial charge in [-0.05, 0) is 55.7 Å². The van der Waals surface area contributed by atoms with Crippen LogP contribution >= 0.6 is 12.2 Å². The van der Waals surface area contributed by atoms with Crippen LogP contribution in [0.3, 0.4) is 0 Å². The van der Waals surface area contributed by atoms with Crippen LogP contribution in [0.4, 0.5) is 0 Å². The van der Waals surface area contributed by atoms with E-state index in [4.69, 9.17) is 17.3 Å². The van der Waals surface area contributed by atoms with Gasteiger partial charge in [0, 0.05) is 30.7 Å². The molecule has 3 heterocycles. The van der Waals surface area contributed by atoms with Crippen molar-refractivity contribution < 1.29 is 0 Å². The van der Waals surface area contributed by atoms with E-state index in [0.717, 1.165) is 29.2 Å². The molecule has 1 aliphatic heterocycles. The lowest BCUT2D eigenvalue weighted by Gasteiger charge is -2.24. The Bertz CT molecular complexity index is 901. The number of rotatable bonds is 4. The molecule has 1 unspecified atom stereocenters. The Labute approximate surface area is 152 Å². The number of nitrogens with zero attached hydrogens (tertiary/aromatic N) is 5. The van der Waals surface area contributed by atoms with Crippen molar-refractivity contribution in [1.82, 2.24) is 24.2 Å². The first-order valence-electron chi connectivity index (χ1n) is 8.60. The van der Waals surface area contributed by atoms with Crippen LogP contribution in [0, 0.1) is 11.7 Å². The second-order valence-corrected chi connectivity index (χ2v) is 6.76. The third kappa shape index (κ3) is 3.15. The molecule has 1 atom stereocenters. The van der Waals surface area contributed by atoms with Crippen molar-refractivity contribution in [2.24, 2.45) is 0 Å². The van der Waals surface area contributed by atoms with Gasteiger partial charge >= 0.3 is 0 Å². The van der Waals surface area contributed by atoms with Crippen LogP contribution < -0.4 is 0 Å². The van der Waals surface area contributed by atoms with Crippen molar-refractivity contribution in [3.63, 3.8) is 0 Å². The summed E-state index contributed by atoms with van der Waals surface area (Å²) >= 11 is 5.71. The van der Waals surface area contributed by atoms with Gasteiger partial charge in [0.05, 0.1) is 6.67 Å². The zero-order chi connectivity index (χ0) is 17.2. The minimum atomic E-state index is 0.387. The van der Waals surface area contributed by atoms with E-state index >= 15 is 0 Å². The lowest BCUT2D eigenvalue weighted by atomic mass is 10.1. The first kappa shape index (κ1) is 16.2. The smallest absolute Gasteiger partial charge is 0.203 e. The molecule has 0 saturated carbocycles. The second kappa shape index (κ2) is 6.90. The number of likely N-dealkylation sites (tertiary alicyclic amines) is 1. The van der Waals surface area contributed by atoms with E-state index in [1.54, 1.807) is 0 Å². The number of para-hydroxylation sites is 1. The fraction of sp³-hybridized carbons (Fsp3) is 0.316. The summed E-state index contributed by atoms with van der Waals surface area (Å²) in [5, 5.41) is 4.70. The lowest BCUT2D eigenvalue weighted by Crippen LogP contribution is -2.27. The predicted molar refractivity (Wildman–Crippen MR) is 100 cm³/mol. The number of benzene rings is 1. The molecule has 1 aromatic carbocycles. The van der Waals surface area contributed by atoms with E-state index < -0.39 is 0 Å². The highest BCUT2D eigenvalue weighted by Gasteiger charge is 2.27. The van der Waals surface area contributed by atoms with Gasteiger partial charge in [-0.3, -0.25) is 14.5 Å². The molecule has 128 valence electrons. The van der Waals surface area contributed by atoms with E-state index in [0.29, 0.717) is 12.7 Å². The van der Waals surface area contributed by atoms with Gasteiger partial charge in [-0.2, -0.15) is 5.10 Å². The minimum absolute atomic E-state index is 0.387. The standard InChI is InChI=1S/C19H21N5S/c1-15-21-23(19(25)24(15)17-8-3-2-4-9-17)14-22-12-6-10-18(22)16-7-5-11-20-13-16/h2-5,7-9,11,13,18H,6,10,12,14H2,1H3. The van der Waals surface area contributed by atoms with Gasteiger partial charge in [-0.15, -0.1) is 0 Å². The fourth-order valence-electron chi connectivity index (χ4n) is 3.60. The molecule has 5 nitrogen and oxygen atoms in total. The molecule has 1 fully saturated rings. The summed E-state index contributed by atoms with van der Waals surface area (Å²) in [5.41, 5.74) is 2.33. The number of pyridine rings is 1. The molecular formula is C19H21N5S.